The summed E-state index contributed by atoms with van der Waals surface area (Å²) in [6, 6.07) is -0.0349. The number of aromatic nitrogens is 1. The molecule has 4 nitrogen and oxygen atoms in total. The van der Waals surface area contributed by atoms with E-state index in [-0.39, 0.29) is 23.3 Å². The quantitative estimate of drug-likeness (QED) is 0.862. The number of amides is 1. The van der Waals surface area contributed by atoms with Crippen molar-refractivity contribution in [1.29, 1.82) is 0 Å². The van der Waals surface area contributed by atoms with Crippen LogP contribution in [0.15, 0.2) is 5.38 Å². The number of rotatable bonds is 4. The molecular weight excluding hydrogens is 306 g/mol. The summed E-state index contributed by atoms with van der Waals surface area (Å²) in [6.45, 7) is 11.0. The van der Waals surface area contributed by atoms with Gasteiger partial charge in [0, 0.05) is 16.7 Å². The molecule has 1 atom stereocenters. The molecule has 1 N–H and O–H groups in total. The largest absolute Gasteiger partial charge is 0.347 e. The van der Waals surface area contributed by atoms with Crippen LogP contribution < -0.4 is 5.32 Å². The Morgan fingerprint density at radius 3 is 2.70 bits per heavy atom. The van der Waals surface area contributed by atoms with Gasteiger partial charge < -0.3 is 5.32 Å². The summed E-state index contributed by atoms with van der Waals surface area (Å²) in [6.07, 6.45) is 7.10. The van der Waals surface area contributed by atoms with Gasteiger partial charge >= 0.3 is 0 Å². The van der Waals surface area contributed by atoms with E-state index in [9.17, 15) is 4.79 Å². The third-order valence-corrected chi connectivity index (χ3v) is 5.32. The fourth-order valence-corrected chi connectivity index (χ4v) is 3.76. The first-order valence-corrected chi connectivity index (χ1v) is 9.11. The predicted molar refractivity (Wildman–Crippen MR) is 95.4 cm³/mol. The summed E-state index contributed by atoms with van der Waals surface area (Å²) < 4.78 is 0. The normalized spacial score (nSPS) is 18.4. The smallest absolute Gasteiger partial charge is 0.223 e. The number of carbonyl (C=O) groups excluding carboxylic acids is 1. The molecule has 0 bridgehead atoms. The molecule has 0 saturated carbocycles. The molecule has 0 spiro atoms. The van der Waals surface area contributed by atoms with Crippen LogP contribution in [0.5, 0.6) is 0 Å². The first-order chi connectivity index (χ1) is 10.8. The third kappa shape index (κ3) is 4.79. The SMILES string of the molecule is C#CCN1CCC(C(=O)N[C@@H](C)c2nc(C(C)(C)C)cs2)CC1. The van der Waals surface area contributed by atoms with Crippen LogP contribution in [0.2, 0.25) is 0 Å². The fraction of sp³-hybridized carbons (Fsp3) is 0.667. The molecule has 0 aromatic carbocycles. The second-order valence-corrected chi connectivity index (χ2v) is 8.20. The molecule has 5 heteroatoms. The molecule has 126 valence electrons. The maximum atomic E-state index is 12.5. The van der Waals surface area contributed by atoms with Gasteiger partial charge in [-0.25, -0.2) is 4.98 Å². The predicted octanol–water partition coefficient (Wildman–Crippen LogP) is 2.96. The number of thiazole rings is 1. The maximum Gasteiger partial charge on any atom is 0.223 e. The van der Waals surface area contributed by atoms with Gasteiger partial charge in [-0.05, 0) is 32.9 Å². The van der Waals surface area contributed by atoms with Crippen molar-refractivity contribution in [2.45, 2.75) is 52.0 Å². The van der Waals surface area contributed by atoms with Crippen LogP contribution in [0.25, 0.3) is 0 Å². The van der Waals surface area contributed by atoms with Crippen molar-refractivity contribution >= 4 is 17.2 Å². The molecule has 2 rings (SSSR count). The second-order valence-electron chi connectivity index (χ2n) is 7.31. The topological polar surface area (TPSA) is 45.2 Å². The highest BCUT2D eigenvalue weighted by Gasteiger charge is 2.26. The van der Waals surface area contributed by atoms with Crippen molar-refractivity contribution in [1.82, 2.24) is 15.2 Å². The summed E-state index contributed by atoms with van der Waals surface area (Å²) >= 11 is 1.62. The average Bonchev–Trinajstić information content (AvgIpc) is 2.98. The first-order valence-electron chi connectivity index (χ1n) is 8.23. The first kappa shape index (κ1) is 18.0. The van der Waals surface area contributed by atoms with E-state index in [0.29, 0.717) is 6.54 Å². The van der Waals surface area contributed by atoms with Gasteiger partial charge in [0.15, 0.2) is 0 Å². The summed E-state index contributed by atoms with van der Waals surface area (Å²) in [7, 11) is 0. The van der Waals surface area contributed by atoms with Crippen LogP contribution in [-0.4, -0.2) is 35.4 Å². The Kier molecular flexibility index (Phi) is 5.83. The van der Waals surface area contributed by atoms with Gasteiger partial charge in [0.1, 0.15) is 5.01 Å². The number of hydrogen-bond donors (Lipinski definition) is 1. The van der Waals surface area contributed by atoms with Crippen molar-refractivity contribution in [3.05, 3.63) is 16.1 Å². The van der Waals surface area contributed by atoms with E-state index in [1.54, 1.807) is 11.3 Å². The van der Waals surface area contributed by atoms with Crippen molar-refractivity contribution in [3.63, 3.8) is 0 Å². The highest BCUT2D eigenvalue weighted by molar-refractivity contribution is 7.09. The van der Waals surface area contributed by atoms with Crippen LogP contribution in [0.1, 0.15) is 57.3 Å². The molecule has 1 aliphatic heterocycles. The minimum atomic E-state index is -0.0349. The summed E-state index contributed by atoms with van der Waals surface area (Å²) in [5.74, 6) is 2.90. The number of hydrogen-bond acceptors (Lipinski definition) is 4. The second kappa shape index (κ2) is 7.46. The lowest BCUT2D eigenvalue weighted by Gasteiger charge is -2.30. The van der Waals surface area contributed by atoms with Crippen LogP contribution in [0.3, 0.4) is 0 Å². The zero-order valence-electron chi connectivity index (χ0n) is 14.6. The number of likely N-dealkylation sites (tertiary alicyclic amines) is 1. The Labute approximate surface area is 143 Å². The molecule has 0 radical (unpaired) electrons. The fourth-order valence-electron chi connectivity index (χ4n) is 2.71. The molecule has 1 saturated heterocycles. The summed E-state index contributed by atoms with van der Waals surface area (Å²) in [4.78, 5) is 19.4. The van der Waals surface area contributed by atoms with E-state index < -0.39 is 0 Å². The van der Waals surface area contributed by atoms with Gasteiger partial charge in [0.2, 0.25) is 5.91 Å². The standard InChI is InChI=1S/C18H27N3OS/c1-6-9-21-10-7-14(8-11-21)16(22)19-13(2)17-20-15(12-23-17)18(3,4)5/h1,12-14H,7-11H2,2-5H3,(H,19,22)/t13-/m0/s1. The molecule has 2 heterocycles. The molecule has 1 amide bonds. The molecule has 1 fully saturated rings. The lowest BCUT2D eigenvalue weighted by Crippen LogP contribution is -2.41. The van der Waals surface area contributed by atoms with E-state index >= 15 is 0 Å². The van der Waals surface area contributed by atoms with Gasteiger partial charge in [-0.15, -0.1) is 17.8 Å². The van der Waals surface area contributed by atoms with E-state index in [1.807, 2.05) is 6.92 Å². The van der Waals surface area contributed by atoms with Crippen LogP contribution in [0.4, 0.5) is 0 Å². The minimum Gasteiger partial charge on any atom is -0.347 e. The molecule has 0 aliphatic carbocycles. The lowest BCUT2D eigenvalue weighted by atomic mass is 9.93. The van der Waals surface area contributed by atoms with E-state index in [4.69, 9.17) is 6.42 Å². The summed E-state index contributed by atoms with van der Waals surface area (Å²) in [5.41, 5.74) is 1.13. The van der Waals surface area contributed by atoms with E-state index in [0.717, 1.165) is 36.6 Å². The highest BCUT2D eigenvalue weighted by Crippen LogP contribution is 2.27. The molecule has 1 aliphatic rings. The molecule has 23 heavy (non-hydrogen) atoms. The Morgan fingerprint density at radius 1 is 1.52 bits per heavy atom. The maximum absolute atomic E-state index is 12.5. The van der Waals surface area contributed by atoms with Crippen molar-refractivity contribution < 1.29 is 4.79 Å². The summed E-state index contributed by atoms with van der Waals surface area (Å²) in [5, 5.41) is 6.20. The highest BCUT2D eigenvalue weighted by atomic mass is 32.1. The van der Waals surface area contributed by atoms with Gasteiger partial charge in [0.25, 0.3) is 0 Å². The Balaban J connectivity index is 1.88. The molecule has 1 aromatic heterocycles. The van der Waals surface area contributed by atoms with Gasteiger partial charge in [0.05, 0.1) is 18.3 Å². The van der Waals surface area contributed by atoms with Crippen LogP contribution in [0, 0.1) is 18.3 Å². The average molecular weight is 334 g/mol. The van der Waals surface area contributed by atoms with E-state index in [1.165, 1.54) is 0 Å². The Bertz CT molecular complexity index is 574. The van der Waals surface area contributed by atoms with Crippen molar-refractivity contribution in [2.75, 3.05) is 19.6 Å². The number of terminal acetylenes is 1. The Hall–Kier alpha value is -1.38. The number of piperidine rings is 1. The number of nitrogens with one attached hydrogen (secondary N) is 1. The van der Waals surface area contributed by atoms with E-state index in [2.05, 4.69) is 47.3 Å². The van der Waals surface area contributed by atoms with Gasteiger partial charge in [-0.2, -0.15) is 0 Å². The zero-order valence-corrected chi connectivity index (χ0v) is 15.4. The molecule has 0 unspecified atom stereocenters. The zero-order chi connectivity index (χ0) is 17.0. The molecule has 1 aromatic rings. The van der Waals surface area contributed by atoms with Crippen molar-refractivity contribution in [3.8, 4) is 12.3 Å². The minimum absolute atomic E-state index is 0.0349. The van der Waals surface area contributed by atoms with Gasteiger partial charge in [-0.1, -0.05) is 26.7 Å². The monoisotopic (exact) mass is 333 g/mol. The van der Waals surface area contributed by atoms with Gasteiger partial charge in [-0.3, -0.25) is 9.69 Å². The van der Waals surface area contributed by atoms with Crippen LogP contribution in [-0.2, 0) is 10.2 Å². The lowest BCUT2D eigenvalue weighted by molar-refractivity contribution is -0.127. The third-order valence-electron chi connectivity index (χ3n) is 4.29. The number of carbonyl (C=O) groups is 1. The molecular formula is C18H27N3OS. The Morgan fingerprint density at radius 2 is 2.17 bits per heavy atom. The number of nitrogens with zero attached hydrogens (tertiary/aromatic N) is 2. The van der Waals surface area contributed by atoms with Crippen molar-refractivity contribution in [2.24, 2.45) is 5.92 Å². The van der Waals surface area contributed by atoms with Crippen LogP contribution >= 0.6 is 11.3 Å².